The molecule has 0 radical (unpaired) electrons. The molecule has 1 aromatic carbocycles. The van der Waals surface area contributed by atoms with Crippen LogP contribution in [0.2, 0.25) is 0 Å². The fraction of sp³-hybridized carbons (Fsp3) is 0.500. The minimum absolute atomic E-state index is 0.307. The summed E-state index contributed by atoms with van der Waals surface area (Å²) in [6, 6.07) is 7.69. The van der Waals surface area contributed by atoms with Crippen LogP contribution in [0.5, 0.6) is 5.75 Å². The number of benzene rings is 1. The third-order valence-electron chi connectivity index (χ3n) is 2.74. The first kappa shape index (κ1) is 10.3. The molecule has 0 amide bonds. The Morgan fingerprint density at radius 1 is 1.33 bits per heavy atom. The van der Waals surface area contributed by atoms with Gasteiger partial charge in [0.15, 0.2) is 0 Å². The van der Waals surface area contributed by atoms with E-state index in [-0.39, 0.29) is 0 Å². The van der Waals surface area contributed by atoms with Crippen LogP contribution in [0.15, 0.2) is 24.3 Å². The molecule has 0 aromatic heterocycles. The summed E-state index contributed by atoms with van der Waals surface area (Å²) in [6.45, 7) is 2.83. The third kappa shape index (κ3) is 2.63. The Balaban J connectivity index is 1.77. The zero-order chi connectivity index (χ0) is 10.7. The van der Waals surface area contributed by atoms with Crippen LogP contribution in [0.4, 0.5) is 5.69 Å². The molecule has 1 saturated carbocycles. The highest BCUT2D eigenvalue weighted by Crippen LogP contribution is 2.27. The molecule has 0 saturated heterocycles. The maximum Gasteiger partial charge on any atom is 0.115 e. The largest absolute Gasteiger partial charge is 0.508 e. The molecule has 0 bridgehead atoms. The second kappa shape index (κ2) is 4.53. The Morgan fingerprint density at radius 2 is 2.00 bits per heavy atom. The van der Waals surface area contributed by atoms with E-state index >= 15 is 0 Å². The number of phenols is 1. The maximum absolute atomic E-state index is 9.13. The lowest BCUT2D eigenvalue weighted by Gasteiger charge is -2.36. The second-order valence-corrected chi connectivity index (χ2v) is 3.94. The van der Waals surface area contributed by atoms with E-state index in [1.54, 1.807) is 12.1 Å². The maximum atomic E-state index is 9.13. The van der Waals surface area contributed by atoms with E-state index in [9.17, 15) is 0 Å². The highest BCUT2D eigenvalue weighted by atomic mass is 16.5. The quantitative estimate of drug-likeness (QED) is 0.745. The number of ether oxygens (including phenoxy) is 1. The number of aromatic hydroxyl groups is 1. The van der Waals surface area contributed by atoms with Crippen LogP contribution in [0, 0.1) is 0 Å². The van der Waals surface area contributed by atoms with Crippen LogP contribution in [0.25, 0.3) is 0 Å². The summed E-state index contributed by atoms with van der Waals surface area (Å²) in [4.78, 5) is 0. The summed E-state index contributed by atoms with van der Waals surface area (Å²) < 4.78 is 5.48. The average Bonchev–Trinajstić information content (AvgIpc) is 2.18. The molecule has 1 aliphatic rings. The van der Waals surface area contributed by atoms with Crippen LogP contribution in [-0.2, 0) is 4.74 Å². The van der Waals surface area contributed by atoms with Crippen molar-refractivity contribution in [3.05, 3.63) is 24.3 Å². The van der Waals surface area contributed by atoms with Gasteiger partial charge >= 0.3 is 0 Å². The molecule has 0 heterocycles. The van der Waals surface area contributed by atoms with Gasteiger partial charge in [-0.1, -0.05) is 0 Å². The van der Waals surface area contributed by atoms with Gasteiger partial charge in [-0.2, -0.15) is 0 Å². The van der Waals surface area contributed by atoms with Gasteiger partial charge in [-0.05, 0) is 44.0 Å². The lowest BCUT2D eigenvalue weighted by atomic mass is 9.89. The standard InChI is InChI=1S/C12H17NO2/c1-2-15-12-7-10(8-12)13-9-3-5-11(14)6-4-9/h3-6,10,12-14H,2,7-8H2,1H3. The molecule has 2 rings (SSSR count). The predicted molar refractivity (Wildman–Crippen MR) is 60.2 cm³/mol. The number of rotatable bonds is 4. The van der Waals surface area contributed by atoms with Crippen LogP contribution in [-0.4, -0.2) is 23.9 Å². The van der Waals surface area contributed by atoms with Gasteiger partial charge in [0.1, 0.15) is 5.75 Å². The molecule has 1 aliphatic carbocycles. The average molecular weight is 207 g/mol. The monoisotopic (exact) mass is 207 g/mol. The van der Waals surface area contributed by atoms with Gasteiger partial charge in [0.2, 0.25) is 0 Å². The van der Waals surface area contributed by atoms with Crippen molar-refractivity contribution < 1.29 is 9.84 Å². The van der Waals surface area contributed by atoms with Gasteiger partial charge < -0.3 is 15.2 Å². The summed E-state index contributed by atoms with van der Waals surface area (Å²) in [5.41, 5.74) is 1.06. The molecule has 0 atom stereocenters. The predicted octanol–water partition coefficient (Wildman–Crippen LogP) is 2.37. The molecular weight excluding hydrogens is 190 g/mol. The molecule has 1 fully saturated rings. The molecule has 1 aromatic rings. The highest BCUT2D eigenvalue weighted by Gasteiger charge is 2.29. The first-order valence-electron chi connectivity index (χ1n) is 5.45. The van der Waals surface area contributed by atoms with Crippen molar-refractivity contribution in [2.45, 2.75) is 31.9 Å². The second-order valence-electron chi connectivity index (χ2n) is 3.94. The Bertz CT molecular complexity index is 304. The third-order valence-corrected chi connectivity index (χ3v) is 2.74. The highest BCUT2D eigenvalue weighted by molar-refractivity contribution is 5.47. The molecule has 3 nitrogen and oxygen atoms in total. The normalized spacial score (nSPS) is 24.6. The van der Waals surface area contributed by atoms with E-state index in [1.165, 1.54) is 0 Å². The van der Waals surface area contributed by atoms with Crippen LogP contribution >= 0.6 is 0 Å². The minimum Gasteiger partial charge on any atom is -0.508 e. The van der Waals surface area contributed by atoms with E-state index in [0.717, 1.165) is 25.1 Å². The fourth-order valence-corrected chi connectivity index (χ4v) is 1.85. The molecule has 3 heteroatoms. The van der Waals surface area contributed by atoms with Gasteiger partial charge in [-0.25, -0.2) is 0 Å². The van der Waals surface area contributed by atoms with Gasteiger partial charge in [-0.15, -0.1) is 0 Å². The zero-order valence-corrected chi connectivity index (χ0v) is 8.94. The Labute approximate surface area is 90.1 Å². The van der Waals surface area contributed by atoms with E-state index in [4.69, 9.17) is 9.84 Å². The van der Waals surface area contributed by atoms with Gasteiger partial charge in [0.05, 0.1) is 6.10 Å². The first-order chi connectivity index (χ1) is 7.28. The summed E-state index contributed by atoms with van der Waals surface area (Å²) in [6.07, 6.45) is 2.59. The Morgan fingerprint density at radius 3 is 2.60 bits per heavy atom. The summed E-state index contributed by atoms with van der Waals surface area (Å²) in [7, 11) is 0. The summed E-state index contributed by atoms with van der Waals surface area (Å²) in [5, 5.41) is 12.5. The number of hydrogen-bond acceptors (Lipinski definition) is 3. The van der Waals surface area contributed by atoms with E-state index < -0.39 is 0 Å². The molecule has 15 heavy (non-hydrogen) atoms. The number of nitrogens with one attached hydrogen (secondary N) is 1. The lowest BCUT2D eigenvalue weighted by Crippen LogP contribution is -2.40. The van der Waals surface area contributed by atoms with Crippen molar-refractivity contribution in [3.8, 4) is 5.75 Å². The van der Waals surface area contributed by atoms with Crippen molar-refractivity contribution in [2.75, 3.05) is 11.9 Å². The smallest absolute Gasteiger partial charge is 0.115 e. The van der Waals surface area contributed by atoms with Crippen molar-refractivity contribution in [2.24, 2.45) is 0 Å². The summed E-state index contributed by atoms with van der Waals surface area (Å²) in [5.74, 6) is 0.307. The fourth-order valence-electron chi connectivity index (χ4n) is 1.85. The van der Waals surface area contributed by atoms with Crippen molar-refractivity contribution >= 4 is 5.69 Å². The van der Waals surface area contributed by atoms with Crippen molar-refractivity contribution in [1.82, 2.24) is 0 Å². The SMILES string of the molecule is CCOC1CC(Nc2ccc(O)cc2)C1. The Kier molecular flexibility index (Phi) is 3.11. The number of hydrogen-bond donors (Lipinski definition) is 2. The number of anilines is 1. The molecular formula is C12H17NO2. The Hall–Kier alpha value is -1.22. The topological polar surface area (TPSA) is 41.5 Å². The van der Waals surface area contributed by atoms with Gasteiger partial charge in [0.25, 0.3) is 0 Å². The molecule has 2 N–H and O–H groups in total. The summed E-state index contributed by atoms with van der Waals surface area (Å²) >= 11 is 0. The molecule has 82 valence electrons. The van der Waals surface area contributed by atoms with Crippen molar-refractivity contribution in [3.63, 3.8) is 0 Å². The van der Waals surface area contributed by atoms with Crippen molar-refractivity contribution in [1.29, 1.82) is 0 Å². The zero-order valence-electron chi connectivity index (χ0n) is 8.94. The van der Waals surface area contributed by atoms with Crippen LogP contribution < -0.4 is 5.32 Å². The minimum atomic E-state index is 0.307. The molecule has 0 spiro atoms. The van der Waals surface area contributed by atoms with Crippen LogP contribution in [0.3, 0.4) is 0 Å². The van der Waals surface area contributed by atoms with E-state index in [0.29, 0.717) is 17.9 Å². The van der Waals surface area contributed by atoms with Gasteiger partial charge in [0, 0.05) is 18.3 Å². The van der Waals surface area contributed by atoms with E-state index in [2.05, 4.69) is 5.32 Å². The van der Waals surface area contributed by atoms with Crippen LogP contribution in [0.1, 0.15) is 19.8 Å². The first-order valence-corrected chi connectivity index (χ1v) is 5.45. The molecule has 0 unspecified atom stereocenters. The lowest BCUT2D eigenvalue weighted by molar-refractivity contribution is 0.00299. The van der Waals surface area contributed by atoms with Gasteiger partial charge in [-0.3, -0.25) is 0 Å². The van der Waals surface area contributed by atoms with E-state index in [1.807, 2.05) is 19.1 Å². The molecule has 0 aliphatic heterocycles. The number of phenolic OH excluding ortho intramolecular Hbond substituents is 1.